The molecule has 4 rings (SSSR count). The van der Waals surface area contributed by atoms with Gasteiger partial charge in [-0.2, -0.15) is 0 Å². The number of thiazole rings is 1. The second-order valence-corrected chi connectivity index (χ2v) is 7.06. The first kappa shape index (κ1) is 16.9. The number of piperazine rings is 1. The van der Waals surface area contributed by atoms with Gasteiger partial charge in [-0.3, -0.25) is 4.79 Å². The van der Waals surface area contributed by atoms with Crippen LogP contribution in [-0.2, 0) is 4.79 Å². The maximum Gasteiger partial charge on any atom is 0.253 e. The van der Waals surface area contributed by atoms with Gasteiger partial charge in [0.1, 0.15) is 18.1 Å². The van der Waals surface area contributed by atoms with Crippen molar-refractivity contribution in [3.05, 3.63) is 40.9 Å². The molecule has 0 aliphatic carbocycles. The highest BCUT2D eigenvalue weighted by molar-refractivity contribution is 7.13. The van der Waals surface area contributed by atoms with Gasteiger partial charge in [0.25, 0.3) is 5.91 Å². The molecule has 1 aromatic heterocycles. The van der Waals surface area contributed by atoms with Crippen LogP contribution in [0.15, 0.2) is 35.3 Å². The van der Waals surface area contributed by atoms with Crippen LogP contribution in [0.4, 0.5) is 5.13 Å². The van der Waals surface area contributed by atoms with Gasteiger partial charge < -0.3 is 19.3 Å². The number of carbonyl (C=O) groups excluding carboxylic acids is 1. The second kappa shape index (κ2) is 7.37. The summed E-state index contributed by atoms with van der Waals surface area (Å²) in [6.45, 7) is 5.87. The molecule has 2 aliphatic heterocycles. The van der Waals surface area contributed by atoms with Crippen molar-refractivity contribution in [1.82, 2.24) is 9.88 Å². The third-order valence-electron chi connectivity index (χ3n) is 4.54. The fourth-order valence-electron chi connectivity index (χ4n) is 3.21. The Bertz CT molecular complexity index is 811. The topological polar surface area (TPSA) is 54.9 Å². The van der Waals surface area contributed by atoms with Crippen molar-refractivity contribution < 1.29 is 14.3 Å². The summed E-state index contributed by atoms with van der Waals surface area (Å²) < 4.78 is 11.3. The zero-order valence-corrected chi connectivity index (χ0v) is 15.5. The van der Waals surface area contributed by atoms with Crippen LogP contribution >= 0.6 is 11.3 Å². The molecule has 1 amide bonds. The van der Waals surface area contributed by atoms with Gasteiger partial charge in [0.05, 0.1) is 12.2 Å². The number of hydrogen-bond acceptors (Lipinski definition) is 6. The lowest BCUT2D eigenvalue weighted by Gasteiger charge is -2.35. The molecule has 2 aliphatic rings. The Balaban J connectivity index is 1.44. The fourth-order valence-corrected chi connectivity index (χ4v) is 3.91. The van der Waals surface area contributed by atoms with E-state index < -0.39 is 0 Å². The zero-order chi connectivity index (χ0) is 17.9. The van der Waals surface area contributed by atoms with Gasteiger partial charge in [0.15, 0.2) is 5.13 Å². The highest BCUT2D eigenvalue weighted by Gasteiger charge is 2.26. The number of rotatable bonds is 4. The molecule has 0 radical (unpaired) electrons. The Morgan fingerprint density at radius 2 is 2.15 bits per heavy atom. The minimum absolute atomic E-state index is 0.0521. The average molecular weight is 371 g/mol. The normalized spacial score (nSPS) is 16.6. The molecule has 136 valence electrons. The van der Waals surface area contributed by atoms with Crippen LogP contribution in [0.25, 0.3) is 6.08 Å². The Hall–Kier alpha value is -2.54. The molecule has 26 heavy (non-hydrogen) atoms. The highest BCUT2D eigenvalue weighted by atomic mass is 32.1. The van der Waals surface area contributed by atoms with Gasteiger partial charge in [0, 0.05) is 43.3 Å². The number of fused-ring (bicyclic) bond motifs is 1. The Morgan fingerprint density at radius 1 is 1.31 bits per heavy atom. The van der Waals surface area contributed by atoms with Crippen LogP contribution in [0.5, 0.6) is 11.5 Å². The standard InChI is InChI=1S/C19H21N3O3S/c1-2-24-16-3-4-17-14(12-16)11-15(13-25-17)18(23)21-6-8-22(9-7-21)19-20-5-10-26-19/h3-5,10-12H,2,6-9,13H2,1H3. The predicted molar refractivity (Wildman–Crippen MR) is 102 cm³/mol. The molecular weight excluding hydrogens is 350 g/mol. The van der Waals surface area contributed by atoms with E-state index in [0.29, 0.717) is 31.9 Å². The van der Waals surface area contributed by atoms with E-state index in [1.807, 2.05) is 47.7 Å². The molecule has 0 spiro atoms. The smallest absolute Gasteiger partial charge is 0.253 e. The summed E-state index contributed by atoms with van der Waals surface area (Å²) in [7, 11) is 0. The lowest BCUT2D eigenvalue weighted by Crippen LogP contribution is -2.49. The van der Waals surface area contributed by atoms with Gasteiger partial charge in [0.2, 0.25) is 0 Å². The summed E-state index contributed by atoms with van der Waals surface area (Å²) in [5.41, 5.74) is 1.58. The first-order valence-electron chi connectivity index (χ1n) is 8.78. The first-order valence-corrected chi connectivity index (χ1v) is 9.66. The van der Waals surface area contributed by atoms with Crippen molar-refractivity contribution >= 4 is 28.5 Å². The molecule has 2 aromatic rings. The number of hydrogen-bond donors (Lipinski definition) is 0. The van der Waals surface area contributed by atoms with Gasteiger partial charge in [-0.25, -0.2) is 4.98 Å². The number of aromatic nitrogens is 1. The molecule has 1 saturated heterocycles. The first-order chi connectivity index (χ1) is 12.7. The van der Waals surface area contributed by atoms with Crippen molar-refractivity contribution in [2.75, 3.05) is 44.3 Å². The SMILES string of the molecule is CCOc1ccc2c(c1)C=C(C(=O)N1CCN(c3nccs3)CC1)CO2. The minimum atomic E-state index is 0.0521. The van der Waals surface area contributed by atoms with Crippen molar-refractivity contribution in [1.29, 1.82) is 0 Å². The quantitative estimate of drug-likeness (QED) is 0.827. The summed E-state index contributed by atoms with van der Waals surface area (Å²) in [5.74, 6) is 1.63. The summed E-state index contributed by atoms with van der Waals surface area (Å²) in [6.07, 6.45) is 3.74. The van der Waals surface area contributed by atoms with Crippen LogP contribution in [0.3, 0.4) is 0 Å². The molecule has 3 heterocycles. The minimum Gasteiger partial charge on any atom is -0.494 e. The Labute approximate surface area is 156 Å². The molecule has 1 aromatic carbocycles. The fraction of sp³-hybridized carbons (Fsp3) is 0.368. The van der Waals surface area contributed by atoms with Crippen molar-refractivity contribution in [3.63, 3.8) is 0 Å². The molecule has 0 atom stereocenters. The highest BCUT2D eigenvalue weighted by Crippen LogP contribution is 2.31. The molecule has 0 N–H and O–H groups in total. The van der Waals surface area contributed by atoms with E-state index in [0.717, 1.165) is 35.3 Å². The van der Waals surface area contributed by atoms with Gasteiger partial charge in [-0.15, -0.1) is 11.3 Å². The lowest BCUT2D eigenvalue weighted by molar-refractivity contribution is -0.127. The van der Waals surface area contributed by atoms with Crippen molar-refractivity contribution in [2.24, 2.45) is 0 Å². The monoisotopic (exact) mass is 371 g/mol. The summed E-state index contributed by atoms with van der Waals surface area (Å²) in [6, 6.07) is 5.71. The largest absolute Gasteiger partial charge is 0.494 e. The molecule has 1 fully saturated rings. The van der Waals surface area contributed by atoms with E-state index in [2.05, 4.69) is 9.88 Å². The van der Waals surface area contributed by atoms with E-state index in [1.54, 1.807) is 11.3 Å². The van der Waals surface area contributed by atoms with E-state index in [-0.39, 0.29) is 5.91 Å². The number of benzene rings is 1. The van der Waals surface area contributed by atoms with Crippen molar-refractivity contribution in [2.45, 2.75) is 6.92 Å². The van der Waals surface area contributed by atoms with Crippen LogP contribution in [-0.4, -0.2) is 55.2 Å². The van der Waals surface area contributed by atoms with Gasteiger partial charge in [-0.05, 0) is 31.2 Å². The molecule has 0 unspecified atom stereocenters. The van der Waals surface area contributed by atoms with Gasteiger partial charge >= 0.3 is 0 Å². The summed E-state index contributed by atoms with van der Waals surface area (Å²) >= 11 is 1.63. The average Bonchev–Trinajstić information content (AvgIpc) is 3.22. The Kier molecular flexibility index (Phi) is 4.79. The molecule has 0 saturated carbocycles. The van der Waals surface area contributed by atoms with Gasteiger partial charge in [-0.1, -0.05) is 0 Å². The maximum atomic E-state index is 12.9. The number of nitrogens with zero attached hydrogens (tertiary/aromatic N) is 3. The molecule has 0 bridgehead atoms. The van der Waals surface area contributed by atoms with E-state index in [4.69, 9.17) is 9.47 Å². The third-order valence-corrected chi connectivity index (χ3v) is 5.37. The lowest BCUT2D eigenvalue weighted by atomic mass is 10.1. The van der Waals surface area contributed by atoms with E-state index in [1.165, 1.54) is 0 Å². The maximum absolute atomic E-state index is 12.9. The molecular formula is C19H21N3O3S. The number of amides is 1. The van der Waals surface area contributed by atoms with Crippen LogP contribution < -0.4 is 14.4 Å². The second-order valence-electron chi connectivity index (χ2n) is 6.18. The third kappa shape index (κ3) is 3.39. The zero-order valence-electron chi connectivity index (χ0n) is 14.7. The van der Waals surface area contributed by atoms with E-state index in [9.17, 15) is 4.79 Å². The van der Waals surface area contributed by atoms with Crippen LogP contribution in [0.2, 0.25) is 0 Å². The Morgan fingerprint density at radius 3 is 2.88 bits per heavy atom. The summed E-state index contributed by atoms with van der Waals surface area (Å²) in [4.78, 5) is 21.4. The summed E-state index contributed by atoms with van der Waals surface area (Å²) in [5, 5.41) is 3.00. The van der Waals surface area contributed by atoms with Crippen LogP contribution in [0.1, 0.15) is 12.5 Å². The van der Waals surface area contributed by atoms with Crippen molar-refractivity contribution in [3.8, 4) is 11.5 Å². The molecule has 6 nitrogen and oxygen atoms in total. The molecule has 7 heteroatoms. The van der Waals surface area contributed by atoms with Crippen LogP contribution in [0, 0.1) is 0 Å². The van der Waals surface area contributed by atoms with E-state index >= 15 is 0 Å². The number of carbonyl (C=O) groups is 1. The predicted octanol–water partition coefficient (Wildman–Crippen LogP) is 2.67. The number of anilines is 1. The number of ether oxygens (including phenoxy) is 2.